The van der Waals surface area contributed by atoms with Crippen molar-refractivity contribution in [1.29, 1.82) is 0 Å². The fraction of sp³-hybridized carbons (Fsp3) is 0.375. The average Bonchev–Trinajstić information content (AvgIpc) is 2.71. The molecule has 0 fully saturated rings. The van der Waals surface area contributed by atoms with E-state index in [4.69, 9.17) is 4.74 Å². The van der Waals surface area contributed by atoms with E-state index in [1.54, 1.807) is 27.7 Å². The molecule has 31 heavy (non-hydrogen) atoms. The van der Waals surface area contributed by atoms with Gasteiger partial charge in [0.15, 0.2) is 0 Å². The van der Waals surface area contributed by atoms with Gasteiger partial charge in [-0.05, 0) is 38.8 Å². The molecule has 3 amide bonds. The zero-order valence-corrected chi connectivity index (χ0v) is 18.5. The van der Waals surface area contributed by atoms with Crippen LogP contribution in [0.1, 0.15) is 38.8 Å². The van der Waals surface area contributed by atoms with Crippen molar-refractivity contribution in [2.45, 2.75) is 58.3 Å². The number of hydrogen-bond donors (Lipinski definition) is 3. The maximum atomic E-state index is 12.9. The predicted octanol–water partition coefficient (Wildman–Crippen LogP) is 2.94. The molecule has 7 heteroatoms. The van der Waals surface area contributed by atoms with Crippen LogP contribution >= 0.6 is 0 Å². The molecular formula is C24H31N3O4. The first-order chi connectivity index (χ1) is 14.6. The van der Waals surface area contributed by atoms with E-state index in [1.807, 2.05) is 60.7 Å². The molecule has 3 N–H and O–H groups in total. The summed E-state index contributed by atoms with van der Waals surface area (Å²) < 4.78 is 5.29. The molecule has 2 atom stereocenters. The van der Waals surface area contributed by atoms with Crippen molar-refractivity contribution >= 4 is 17.9 Å². The highest BCUT2D eigenvalue weighted by Crippen LogP contribution is 2.09. The van der Waals surface area contributed by atoms with Crippen molar-refractivity contribution in [2.24, 2.45) is 0 Å². The molecule has 2 aromatic rings. The van der Waals surface area contributed by atoms with Gasteiger partial charge in [-0.3, -0.25) is 9.59 Å². The molecule has 0 saturated heterocycles. The van der Waals surface area contributed by atoms with Crippen LogP contribution in [0.15, 0.2) is 60.7 Å². The van der Waals surface area contributed by atoms with Crippen molar-refractivity contribution in [3.05, 3.63) is 71.8 Å². The van der Waals surface area contributed by atoms with Gasteiger partial charge in [-0.15, -0.1) is 0 Å². The largest absolute Gasteiger partial charge is 0.444 e. The fourth-order valence-electron chi connectivity index (χ4n) is 2.83. The van der Waals surface area contributed by atoms with Crippen molar-refractivity contribution in [2.75, 3.05) is 0 Å². The van der Waals surface area contributed by atoms with E-state index in [1.165, 1.54) is 0 Å². The second kappa shape index (κ2) is 11.2. The van der Waals surface area contributed by atoms with Crippen LogP contribution in [0, 0.1) is 0 Å². The Hall–Kier alpha value is -3.35. The number of nitrogens with one attached hydrogen (secondary N) is 3. The normalized spacial score (nSPS) is 12.9. The standard InChI is InChI=1S/C24H31N3O4/c1-17(21(28)25-16-19-13-9-6-10-14-19)26-22(29)20(15-18-11-7-5-8-12-18)27-23(30)31-24(2,3)4/h5-14,17,20H,15-16H2,1-4H3,(H,25,28)(H,26,29)(H,27,30)/t17-,20-/m0/s1. The number of alkyl carbamates (subject to hydrolysis) is 1. The van der Waals surface area contributed by atoms with Crippen LogP contribution in [0.2, 0.25) is 0 Å². The quantitative estimate of drug-likeness (QED) is 0.606. The summed E-state index contributed by atoms with van der Waals surface area (Å²) in [5.41, 5.74) is 1.14. The van der Waals surface area contributed by atoms with E-state index in [0.29, 0.717) is 6.54 Å². The lowest BCUT2D eigenvalue weighted by atomic mass is 10.0. The van der Waals surface area contributed by atoms with Gasteiger partial charge in [-0.1, -0.05) is 60.7 Å². The van der Waals surface area contributed by atoms with Crippen molar-refractivity contribution in [3.8, 4) is 0 Å². The van der Waals surface area contributed by atoms with Gasteiger partial charge in [0.25, 0.3) is 0 Å². The summed E-state index contributed by atoms with van der Waals surface area (Å²) in [5, 5.41) is 8.10. The molecule has 0 spiro atoms. The number of amides is 3. The minimum atomic E-state index is -0.887. The van der Waals surface area contributed by atoms with Gasteiger partial charge in [0.1, 0.15) is 17.7 Å². The van der Waals surface area contributed by atoms with Crippen LogP contribution in [-0.2, 0) is 27.3 Å². The molecule has 2 aromatic carbocycles. The number of ether oxygens (including phenoxy) is 1. The summed E-state index contributed by atoms with van der Waals surface area (Å²) in [6.45, 7) is 7.21. The summed E-state index contributed by atoms with van der Waals surface area (Å²) in [5.74, 6) is -0.773. The molecule has 0 aromatic heterocycles. The molecular weight excluding hydrogens is 394 g/mol. The zero-order chi connectivity index (χ0) is 22.9. The van der Waals surface area contributed by atoms with Gasteiger partial charge < -0.3 is 20.7 Å². The number of carbonyl (C=O) groups is 3. The molecule has 2 rings (SSSR count). The number of carbonyl (C=O) groups excluding carboxylic acids is 3. The number of hydrogen-bond acceptors (Lipinski definition) is 4. The third-order valence-corrected chi connectivity index (χ3v) is 4.35. The van der Waals surface area contributed by atoms with E-state index in [2.05, 4.69) is 16.0 Å². The van der Waals surface area contributed by atoms with E-state index in [-0.39, 0.29) is 12.3 Å². The van der Waals surface area contributed by atoms with E-state index in [0.717, 1.165) is 11.1 Å². The first-order valence-corrected chi connectivity index (χ1v) is 10.3. The van der Waals surface area contributed by atoms with Crippen LogP contribution in [0.5, 0.6) is 0 Å². The maximum absolute atomic E-state index is 12.9. The Labute approximate surface area is 183 Å². The Morgan fingerprint density at radius 3 is 1.94 bits per heavy atom. The molecule has 166 valence electrons. The summed E-state index contributed by atoms with van der Waals surface area (Å²) in [4.78, 5) is 37.5. The summed E-state index contributed by atoms with van der Waals surface area (Å²) in [6.07, 6.45) is -0.422. The molecule has 0 bridgehead atoms. The Balaban J connectivity index is 1.99. The zero-order valence-electron chi connectivity index (χ0n) is 18.5. The van der Waals surface area contributed by atoms with E-state index < -0.39 is 29.7 Å². The first-order valence-electron chi connectivity index (χ1n) is 10.3. The summed E-state index contributed by atoms with van der Waals surface area (Å²) in [6, 6.07) is 17.2. The van der Waals surface area contributed by atoms with Gasteiger partial charge in [0, 0.05) is 13.0 Å². The molecule has 0 saturated carbocycles. The molecule has 0 aliphatic heterocycles. The summed E-state index contributed by atoms with van der Waals surface area (Å²) >= 11 is 0. The molecule has 0 radical (unpaired) electrons. The van der Waals surface area contributed by atoms with Crippen LogP contribution in [0.25, 0.3) is 0 Å². The minimum absolute atomic E-state index is 0.268. The molecule has 7 nitrogen and oxygen atoms in total. The molecule has 0 unspecified atom stereocenters. The molecule has 0 heterocycles. The second-order valence-electron chi connectivity index (χ2n) is 8.32. The number of rotatable bonds is 8. The minimum Gasteiger partial charge on any atom is -0.444 e. The SMILES string of the molecule is C[C@H](NC(=O)[C@H](Cc1ccccc1)NC(=O)OC(C)(C)C)C(=O)NCc1ccccc1. The number of benzene rings is 2. The lowest BCUT2D eigenvalue weighted by molar-refractivity contribution is -0.129. The smallest absolute Gasteiger partial charge is 0.408 e. The van der Waals surface area contributed by atoms with E-state index >= 15 is 0 Å². The second-order valence-corrected chi connectivity index (χ2v) is 8.32. The predicted molar refractivity (Wildman–Crippen MR) is 119 cm³/mol. The van der Waals surface area contributed by atoms with Gasteiger partial charge in [-0.2, -0.15) is 0 Å². The highest BCUT2D eigenvalue weighted by molar-refractivity contribution is 5.91. The lowest BCUT2D eigenvalue weighted by Crippen LogP contribution is -2.54. The average molecular weight is 426 g/mol. The Morgan fingerprint density at radius 1 is 0.839 bits per heavy atom. The molecule has 0 aliphatic rings. The van der Waals surface area contributed by atoms with Crippen LogP contribution in [0.4, 0.5) is 4.79 Å². The fourth-order valence-corrected chi connectivity index (χ4v) is 2.83. The van der Waals surface area contributed by atoms with Crippen LogP contribution in [0.3, 0.4) is 0 Å². The van der Waals surface area contributed by atoms with Gasteiger partial charge >= 0.3 is 6.09 Å². The van der Waals surface area contributed by atoms with Crippen molar-refractivity contribution < 1.29 is 19.1 Å². The Kier molecular flexibility index (Phi) is 8.61. The monoisotopic (exact) mass is 425 g/mol. The first kappa shape index (κ1) is 23.9. The van der Waals surface area contributed by atoms with Crippen molar-refractivity contribution in [3.63, 3.8) is 0 Å². The molecule has 0 aliphatic carbocycles. The van der Waals surface area contributed by atoms with E-state index in [9.17, 15) is 14.4 Å². The topological polar surface area (TPSA) is 96.5 Å². The third-order valence-electron chi connectivity index (χ3n) is 4.35. The van der Waals surface area contributed by atoms with Gasteiger partial charge in [0.2, 0.25) is 11.8 Å². The Bertz CT molecular complexity index is 863. The highest BCUT2D eigenvalue weighted by atomic mass is 16.6. The Morgan fingerprint density at radius 2 is 1.39 bits per heavy atom. The third kappa shape index (κ3) is 8.90. The van der Waals surface area contributed by atoms with Gasteiger partial charge in [-0.25, -0.2) is 4.79 Å². The lowest BCUT2D eigenvalue weighted by Gasteiger charge is -2.24. The maximum Gasteiger partial charge on any atom is 0.408 e. The highest BCUT2D eigenvalue weighted by Gasteiger charge is 2.27. The van der Waals surface area contributed by atoms with Crippen molar-refractivity contribution in [1.82, 2.24) is 16.0 Å². The summed E-state index contributed by atoms with van der Waals surface area (Å²) in [7, 11) is 0. The van der Waals surface area contributed by atoms with Gasteiger partial charge in [0.05, 0.1) is 0 Å². The van der Waals surface area contributed by atoms with Crippen LogP contribution in [-0.4, -0.2) is 35.6 Å². The van der Waals surface area contributed by atoms with Crippen LogP contribution < -0.4 is 16.0 Å².